The second kappa shape index (κ2) is 8.43. The molecule has 7 heteroatoms. The molecule has 0 spiro atoms. The Balaban J connectivity index is 1.43. The number of carbonyl (C=O) groups is 1. The van der Waals surface area contributed by atoms with Crippen molar-refractivity contribution in [2.24, 2.45) is 0 Å². The Bertz CT molecular complexity index is 1260. The number of hydrogen-bond acceptors (Lipinski definition) is 5. The van der Waals surface area contributed by atoms with Crippen LogP contribution in [0, 0.1) is 0 Å². The maximum Gasteiger partial charge on any atom is 0.253 e. The molecule has 0 aliphatic carbocycles. The van der Waals surface area contributed by atoms with Gasteiger partial charge in [-0.25, -0.2) is 9.97 Å². The number of nitrogens with one attached hydrogen (secondary N) is 1. The molecule has 3 heterocycles. The zero-order chi connectivity index (χ0) is 22.1. The van der Waals surface area contributed by atoms with Crippen LogP contribution in [0.4, 0.5) is 0 Å². The van der Waals surface area contributed by atoms with E-state index >= 15 is 0 Å². The first kappa shape index (κ1) is 20.2. The Labute approximate surface area is 186 Å². The van der Waals surface area contributed by atoms with Crippen molar-refractivity contribution in [3.05, 3.63) is 66.4 Å². The lowest BCUT2D eigenvalue weighted by atomic mass is 10.1. The summed E-state index contributed by atoms with van der Waals surface area (Å²) in [4.78, 5) is 29.6. The molecule has 0 unspecified atom stereocenters. The molecule has 1 aliphatic rings. The number of rotatable bonds is 4. The number of fused-ring (bicyclic) bond motifs is 1. The topological polar surface area (TPSA) is 74.3 Å². The van der Waals surface area contributed by atoms with Gasteiger partial charge in [-0.2, -0.15) is 0 Å². The Morgan fingerprint density at radius 3 is 2.53 bits per heavy atom. The van der Waals surface area contributed by atoms with Gasteiger partial charge in [-0.3, -0.25) is 4.79 Å². The maximum atomic E-state index is 12.8. The van der Waals surface area contributed by atoms with E-state index in [1.54, 1.807) is 13.3 Å². The molecule has 1 N–H and O–H groups in total. The third-order valence-electron chi connectivity index (χ3n) is 5.96. The molecule has 0 saturated carbocycles. The number of aromatic amines is 1. The van der Waals surface area contributed by atoms with E-state index < -0.39 is 0 Å². The molecule has 0 atom stereocenters. The highest BCUT2D eigenvalue weighted by Crippen LogP contribution is 2.30. The number of amides is 1. The van der Waals surface area contributed by atoms with E-state index in [0.717, 1.165) is 65.6 Å². The van der Waals surface area contributed by atoms with Gasteiger partial charge in [0.15, 0.2) is 5.65 Å². The summed E-state index contributed by atoms with van der Waals surface area (Å²) >= 11 is 0. The zero-order valence-corrected chi connectivity index (χ0v) is 18.2. The first-order chi connectivity index (χ1) is 15.6. The average molecular weight is 428 g/mol. The van der Waals surface area contributed by atoms with Crippen LogP contribution in [0.2, 0.25) is 0 Å². The molecule has 4 aromatic rings. The Morgan fingerprint density at radius 2 is 1.78 bits per heavy atom. The van der Waals surface area contributed by atoms with Gasteiger partial charge in [0, 0.05) is 49.1 Å². The minimum atomic E-state index is 0.0798. The summed E-state index contributed by atoms with van der Waals surface area (Å²) in [5.74, 6) is 1.60. The van der Waals surface area contributed by atoms with Crippen LogP contribution in [-0.2, 0) is 0 Å². The van der Waals surface area contributed by atoms with E-state index in [2.05, 4.69) is 21.9 Å². The molecule has 162 valence electrons. The fraction of sp³-hybridized carbons (Fsp3) is 0.240. The lowest BCUT2D eigenvalue weighted by Gasteiger charge is -2.32. The first-order valence-corrected chi connectivity index (χ1v) is 10.7. The number of H-pyrrole nitrogens is 1. The minimum Gasteiger partial charge on any atom is -0.497 e. The largest absolute Gasteiger partial charge is 0.497 e. The van der Waals surface area contributed by atoms with Gasteiger partial charge >= 0.3 is 0 Å². The number of pyridine rings is 1. The molecule has 1 amide bonds. The molecule has 7 nitrogen and oxygen atoms in total. The van der Waals surface area contributed by atoms with Crippen LogP contribution in [0.3, 0.4) is 0 Å². The highest BCUT2D eigenvalue weighted by molar-refractivity contribution is 5.95. The second-order valence-corrected chi connectivity index (χ2v) is 8.05. The lowest BCUT2D eigenvalue weighted by Crippen LogP contribution is -2.47. The monoisotopic (exact) mass is 427 g/mol. The van der Waals surface area contributed by atoms with Crippen LogP contribution in [-0.4, -0.2) is 71.0 Å². The highest BCUT2D eigenvalue weighted by Gasteiger charge is 2.20. The summed E-state index contributed by atoms with van der Waals surface area (Å²) in [7, 11) is 3.74. The highest BCUT2D eigenvalue weighted by atomic mass is 16.5. The van der Waals surface area contributed by atoms with Crippen LogP contribution in [0.25, 0.3) is 33.7 Å². The summed E-state index contributed by atoms with van der Waals surface area (Å²) in [5, 5.41) is 0. The fourth-order valence-corrected chi connectivity index (χ4v) is 4.03. The quantitative estimate of drug-likeness (QED) is 0.538. The Hall–Kier alpha value is -3.71. The van der Waals surface area contributed by atoms with Crippen molar-refractivity contribution in [2.45, 2.75) is 0 Å². The fourth-order valence-electron chi connectivity index (χ4n) is 4.03. The summed E-state index contributed by atoms with van der Waals surface area (Å²) in [5.41, 5.74) is 5.13. The number of hydrogen-bond donors (Lipinski definition) is 1. The number of imidazole rings is 1. The molecule has 1 aliphatic heterocycles. The van der Waals surface area contributed by atoms with Gasteiger partial charge in [-0.15, -0.1) is 0 Å². The van der Waals surface area contributed by atoms with Crippen molar-refractivity contribution < 1.29 is 9.53 Å². The number of piperazine rings is 1. The molecule has 0 radical (unpaired) electrons. The van der Waals surface area contributed by atoms with Crippen molar-refractivity contribution in [1.82, 2.24) is 24.8 Å². The van der Waals surface area contributed by atoms with Gasteiger partial charge in [0.25, 0.3) is 5.91 Å². The molecule has 32 heavy (non-hydrogen) atoms. The predicted octanol–water partition coefficient (Wildman–Crippen LogP) is 3.69. The second-order valence-electron chi connectivity index (χ2n) is 8.05. The van der Waals surface area contributed by atoms with Gasteiger partial charge in [-0.1, -0.05) is 24.3 Å². The summed E-state index contributed by atoms with van der Waals surface area (Å²) in [6.07, 6.45) is 1.77. The SMILES string of the molecule is COc1cccc(-c2ccnc3[nH]c(-c4ccc(C(=O)N5CCN(C)CC5)cc4)nc23)c1. The first-order valence-electron chi connectivity index (χ1n) is 10.7. The van der Waals surface area contributed by atoms with Gasteiger partial charge in [0.05, 0.1) is 7.11 Å². The number of benzene rings is 2. The van der Waals surface area contributed by atoms with Crippen molar-refractivity contribution in [3.63, 3.8) is 0 Å². The van der Waals surface area contributed by atoms with E-state index in [0.29, 0.717) is 5.56 Å². The van der Waals surface area contributed by atoms with Crippen molar-refractivity contribution in [1.29, 1.82) is 0 Å². The summed E-state index contributed by atoms with van der Waals surface area (Å²) in [6.45, 7) is 3.34. The van der Waals surface area contributed by atoms with Crippen LogP contribution < -0.4 is 4.74 Å². The van der Waals surface area contributed by atoms with Crippen LogP contribution in [0.5, 0.6) is 5.75 Å². The molecule has 1 fully saturated rings. The summed E-state index contributed by atoms with van der Waals surface area (Å²) < 4.78 is 5.37. The Kier molecular flexibility index (Phi) is 5.33. The maximum absolute atomic E-state index is 12.8. The van der Waals surface area contributed by atoms with Crippen molar-refractivity contribution in [2.75, 3.05) is 40.3 Å². The average Bonchev–Trinajstić information content (AvgIpc) is 3.29. The van der Waals surface area contributed by atoms with Crippen LogP contribution in [0.15, 0.2) is 60.8 Å². The number of ether oxygens (including phenoxy) is 1. The number of likely N-dealkylation sites (N-methyl/N-ethyl adjacent to an activating group) is 1. The van der Waals surface area contributed by atoms with Gasteiger partial charge < -0.3 is 19.5 Å². The number of aromatic nitrogens is 3. The molecule has 2 aromatic carbocycles. The lowest BCUT2D eigenvalue weighted by molar-refractivity contribution is 0.0664. The van der Waals surface area contributed by atoms with Crippen molar-refractivity contribution in [3.8, 4) is 28.3 Å². The molecule has 0 bridgehead atoms. The molecule has 2 aromatic heterocycles. The van der Waals surface area contributed by atoms with E-state index in [4.69, 9.17) is 9.72 Å². The van der Waals surface area contributed by atoms with Gasteiger partial charge in [0.2, 0.25) is 0 Å². The van der Waals surface area contributed by atoms with E-state index in [-0.39, 0.29) is 5.91 Å². The minimum absolute atomic E-state index is 0.0798. The van der Waals surface area contributed by atoms with Gasteiger partial charge in [-0.05, 0) is 42.9 Å². The Morgan fingerprint density at radius 1 is 1.00 bits per heavy atom. The van der Waals surface area contributed by atoms with Crippen molar-refractivity contribution >= 4 is 17.1 Å². The normalized spacial score (nSPS) is 14.6. The predicted molar refractivity (Wildman–Crippen MR) is 125 cm³/mol. The third-order valence-corrected chi connectivity index (χ3v) is 5.96. The molecular weight excluding hydrogens is 402 g/mol. The van der Waals surface area contributed by atoms with E-state index in [1.807, 2.05) is 59.5 Å². The van der Waals surface area contributed by atoms with E-state index in [9.17, 15) is 4.79 Å². The van der Waals surface area contributed by atoms with E-state index in [1.165, 1.54) is 0 Å². The number of carbonyl (C=O) groups excluding carboxylic acids is 1. The van der Waals surface area contributed by atoms with Gasteiger partial charge in [0.1, 0.15) is 17.1 Å². The third kappa shape index (κ3) is 3.83. The molecular formula is C25H25N5O2. The smallest absolute Gasteiger partial charge is 0.253 e. The number of methoxy groups -OCH3 is 1. The standard InChI is InChI=1S/C25H25N5O2/c1-29-12-14-30(15-13-29)25(31)18-8-6-17(7-9-18)23-27-22-21(10-11-26-24(22)28-23)19-4-3-5-20(16-19)32-2/h3-11,16H,12-15H2,1-2H3,(H,26,27,28). The molecule has 5 rings (SSSR count). The number of nitrogens with zero attached hydrogens (tertiary/aromatic N) is 4. The zero-order valence-electron chi connectivity index (χ0n) is 18.2. The van der Waals surface area contributed by atoms with Crippen LogP contribution >= 0.6 is 0 Å². The summed E-state index contributed by atoms with van der Waals surface area (Å²) in [6, 6.07) is 17.5. The molecule has 1 saturated heterocycles. The van der Waals surface area contributed by atoms with Crippen LogP contribution in [0.1, 0.15) is 10.4 Å².